The Hall–Kier alpha value is -2.58. The Bertz CT molecular complexity index is 980. The molecule has 0 unspecified atom stereocenters. The van der Waals surface area contributed by atoms with Crippen LogP contribution in [-0.4, -0.2) is 30.4 Å². The Labute approximate surface area is 166 Å². The molecule has 136 valence electrons. The van der Waals surface area contributed by atoms with Gasteiger partial charge in [-0.15, -0.1) is 11.3 Å². The molecule has 0 atom stereocenters. The number of carbonyl (C=O) groups excluding carboxylic acids is 1. The van der Waals surface area contributed by atoms with Gasteiger partial charge in [0.1, 0.15) is 13.6 Å². The minimum atomic E-state index is -0.457. The number of thiazole rings is 1. The Kier molecular flexibility index (Phi) is 5.98. The smallest absolute Gasteiger partial charge is 0.338 e. The van der Waals surface area contributed by atoms with Gasteiger partial charge in [-0.3, -0.25) is 0 Å². The molecule has 2 radical (unpaired) electrons. The molecule has 3 aromatic rings. The minimum absolute atomic E-state index is 0.276. The van der Waals surface area contributed by atoms with Gasteiger partial charge in [-0.05, 0) is 38.1 Å². The third-order valence-electron chi connectivity index (χ3n) is 3.38. The van der Waals surface area contributed by atoms with Crippen molar-refractivity contribution in [2.24, 2.45) is 0 Å². The molecule has 0 aliphatic heterocycles. The number of pyridine rings is 1. The van der Waals surface area contributed by atoms with Gasteiger partial charge >= 0.3 is 5.97 Å². The maximum atomic E-state index is 12.0. The molecule has 6 nitrogen and oxygen atoms in total. The molecule has 0 saturated carbocycles. The van der Waals surface area contributed by atoms with Crippen LogP contribution in [0.3, 0.4) is 0 Å². The largest absolute Gasteiger partial charge is 0.462 e. The van der Waals surface area contributed by atoms with Crippen molar-refractivity contribution in [2.45, 2.75) is 13.8 Å². The topological polar surface area (TPSA) is 73.3 Å². The van der Waals surface area contributed by atoms with Gasteiger partial charge in [-0.1, -0.05) is 17.1 Å². The Balaban J connectivity index is 1.91. The van der Waals surface area contributed by atoms with Crippen LogP contribution in [0.4, 0.5) is 10.9 Å². The zero-order chi connectivity index (χ0) is 19.4. The van der Waals surface area contributed by atoms with Crippen LogP contribution in [0.15, 0.2) is 35.8 Å². The molecule has 2 heterocycles. The van der Waals surface area contributed by atoms with Crippen LogP contribution in [0.2, 0.25) is 5.02 Å². The molecule has 0 amide bonds. The number of halogens is 1. The molecular weight excluding hydrogens is 385 g/mol. The summed E-state index contributed by atoms with van der Waals surface area (Å²) in [5, 5.41) is 6.02. The van der Waals surface area contributed by atoms with Crippen LogP contribution in [-0.2, 0) is 4.74 Å². The molecule has 0 saturated heterocycles. The van der Waals surface area contributed by atoms with Crippen molar-refractivity contribution in [2.75, 3.05) is 11.9 Å². The van der Waals surface area contributed by atoms with Gasteiger partial charge in [0.15, 0.2) is 16.7 Å². The molecule has 2 aromatic heterocycles. The highest BCUT2D eigenvalue weighted by atomic mass is 35.5. The van der Waals surface area contributed by atoms with Gasteiger partial charge < -0.3 is 14.8 Å². The van der Waals surface area contributed by atoms with Crippen LogP contribution in [0.25, 0.3) is 0 Å². The highest BCUT2D eigenvalue weighted by Crippen LogP contribution is 2.34. The molecule has 9 heteroatoms. The Morgan fingerprint density at radius 3 is 2.85 bits per heavy atom. The van der Waals surface area contributed by atoms with E-state index < -0.39 is 5.97 Å². The van der Waals surface area contributed by atoms with E-state index in [2.05, 4.69) is 15.3 Å². The van der Waals surface area contributed by atoms with Crippen molar-refractivity contribution in [1.29, 1.82) is 0 Å². The average molecular weight is 400 g/mol. The minimum Gasteiger partial charge on any atom is -0.462 e. The summed E-state index contributed by atoms with van der Waals surface area (Å²) in [4.78, 5) is 20.6. The summed E-state index contributed by atoms with van der Waals surface area (Å²) in [5.74, 6) is 0.608. The molecule has 27 heavy (non-hydrogen) atoms. The normalized spacial score (nSPS) is 10.5. The third kappa shape index (κ3) is 4.78. The van der Waals surface area contributed by atoms with E-state index in [9.17, 15) is 4.79 Å². The molecule has 0 bridgehead atoms. The lowest BCUT2D eigenvalue weighted by Crippen LogP contribution is -2.08. The van der Waals surface area contributed by atoms with Gasteiger partial charge in [0.05, 0.1) is 22.9 Å². The number of benzene rings is 1. The summed E-state index contributed by atoms with van der Waals surface area (Å²) in [6.45, 7) is 3.91. The highest BCUT2D eigenvalue weighted by molar-refractivity contribution is 7.13. The number of hydrogen-bond acceptors (Lipinski definition) is 7. The van der Waals surface area contributed by atoms with E-state index in [4.69, 9.17) is 28.9 Å². The predicted octanol–water partition coefficient (Wildman–Crippen LogP) is 4.01. The summed E-state index contributed by atoms with van der Waals surface area (Å²) in [5.41, 5.74) is 1.65. The lowest BCUT2D eigenvalue weighted by atomic mass is 9.99. The second-order valence-corrected chi connectivity index (χ2v) is 6.77. The number of hydrogen-bond donors (Lipinski definition) is 1. The maximum absolute atomic E-state index is 12.0. The first-order valence-electron chi connectivity index (χ1n) is 8.05. The lowest BCUT2D eigenvalue weighted by molar-refractivity contribution is 0.0526. The molecular formula is C18H15BClN3O3S. The standard InChI is InChI=1S/C18H15BClN3O3S/c1-3-25-17(24)11-4-5-13(20)14(6-11)26-15-7-12(19)8-21-16(15)23-18-22-10(2)9-27-18/h4-9H,3H2,1-2H3,(H,21,22,23). The van der Waals surface area contributed by atoms with Crippen LogP contribution in [0, 0.1) is 6.92 Å². The summed E-state index contributed by atoms with van der Waals surface area (Å²) in [6, 6.07) is 6.27. The summed E-state index contributed by atoms with van der Waals surface area (Å²) in [7, 11) is 5.84. The average Bonchev–Trinajstić information content (AvgIpc) is 3.04. The van der Waals surface area contributed by atoms with Crippen molar-refractivity contribution < 1.29 is 14.3 Å². The van der Waals surface area contributed by atoms with Crippen molar-refractivity contribution in [3.05, 3.63) is 52.1 Å². The quantitative estimate of drug-likeness (QED) is 0.499. The summed E-state index contributed by atoms with van der Waals surface area (Å²) < 4.78 is 10.9. The summed E-state index contributed by atoms with van der Waals surface area (Å²) in [6.07, 6.45) is 1.51. The number of nitrogens with zero attached hydrogens (tertiary/aromatic N) is 2. The third-order valence-corrected chi connectivity index (χ3v) is 4.57. The molecule has 3 rings (SSSR count). The van der Waals surface area contributed by atoms with E-state index in [0.29, 0.717) is 32.7 Å². The zero-order valence-electron chi connectivity index (χ0n) is 14.7. The second kappa shape index (κ2) is 8.41. The number of aromatic nitrogens is 2. The van der Waals surface area contributed by atoms with E-state index in [-0.39, 0.29) is 12.4 Å². The number of ether oxygens (including phenoxy) is 2. The van der Waals surface area contributed by atoms with Crippen LogP contribution in [0.5, 0.6) is 11.5 Å². The first-order valence-corrected chi connectivity index (χ1v) is 9.31. The van der Waals surface area contributed by atoms with Gasteiger partial charge in [0.2, 0.25) is 0 Å². The van der Waals surface area contributed by atoms with Crippen LogP contribution >= 0.6 is 22.9 Å². The van der Waals surface area contributed by atoms with Crippen molar-refractivity contribution in [1.82, 2.24) is 9.97 Å². The first kappa shape index (κ1) is 19.2. The maximum Gasteiger partial charge on any atom is 0.338 e. The second-order valence-electron chi connectivity index (χ2n) is 5.50. The fourth-order valence-electron chi connectivity index (χ4n) is 2.19. The van der Waals surface area contributed by atoms with Gasteiger partial charge in [0, 0.05) is 11.6 Å². The fraction of sp³-hybridized carbons (Fsp3) is 0.167. The SMILES string of the molecule is [B]c1cnc(Nc2nc(C)cs2)c(Oc2cc(C(=O)OCC)ccc2Cl)c1. The van der Waals surface area contributed by atoms with E-state index in [1.165, 1.54) is 23.6 Å². The molecule has 0 fully saturated rings. The van der Waals surface area contributed by atoms with E-state index in [1.54, 1.807) is 25.1 Å². The molecule has 0 aliphatic rings. The van der Waals surface area contributed by atoms with Crippen molar-refractivity contribution >= 4 is 53.2 Å². The number of aryl methyl sites for hydroxylation is 1. The van der Waals surface area contributed by atoms with Gasteiger partial charge in [0.25, 0.3) is 0 Å². The Morgan fingerprint density at radius 1 is 1.33 bits per heavy atom. The Morgan fingerprint density at radius 2 is 2.15 bits per heavy atom. The van der Waals surface area contributed by atoms with Gasteiger partial charge in [-0.2, -0.15) is 0 Å². The number of anilines is 2. The molecule has 0 spiro atoms. The molecule has 0 aliphatic carbocycles. The zero-order valence-corrected chi connectivity index (χ0v) is 16.2. The van der Waals surface area contributed by atoms with E-state index in [0.717, 1.165) is 5.69 Å². The van der Waals surface area contributed by atoms with Crippen LogP contribution in [0.1, 0.15) is 23.0 Å². The molecule has 1 aromatic carbocycles. The van der Waals surface area contributed by atoms with Crippen molar-refractivity contribution in [3.63, 3.8) is 0 Å². The first-order chi connectivity index (χ1) is 13.0. The van der Waals surface area contributed by atoms with E-state index in [1.807, 2.05) is 12.3 Å². The number of carbonyl (C=O) groups is 1. The highest BCUT2D eigenvalue weighted by Gasteiger charge is 2.14. The number of rotatable bonds is 6. The fourth-order valence-corrected chi connectivity index (χ4v) is 3.03. The van der Waals surface area contributed by atoms with Crippen LogP contribution < -0.4 is 15.5 Å². The number of nitrogens with one attached hydrogen (secondary N) is 1. The van der Waals surface area contributed by atoms with Gasteiger partial charge in [-0.25, -0.2) is 14.8 Å². The van der Waals surface area contributed by atoms with E-state index >= 15 is 0 Å². The monoisotopic (exact) mass is 399 g/mol. The lowest BCUT2D eigenvalue weighted by Gasteiger charge is -2.13. The number of esters is 1. The predicted molar refractivity (Wildman–Crippen MR) is 107 cm³/mol. The van der Waals surface area contributed by atoms with Crippen molar-refractivity contribution in [3.8, 4) is 11.5 Å². The molecule has 1 N–H and O–H groups in total. The summed E-state index contributed by atoms with van der Waals surface area (Å²) >= 11 is 7.67.